The van der Waals surface area contributed by atoms with E-state index in [0.29, 0.717) is 5.75 Å². The highest BCUT2D eigenvalue weighted by Gasteiger charge is 2.18. The molecule has 0 aliphatic heterocycles. The van der Waals surface area contributed by atoms with Gasteiger partial charge in [0.1, 0.15) is 17.4 Å². The Labute approximate surface area is 130 Å². The minimum atomic E-state index is -0.482. The van der Waals surface area contributed by atoms with Crippen LogP contribution in [0.4, 0.5) is 8.78 Å². The molecule has 0 radical (unpaired) electrons. The summed E-state index contributed by atoms with van der Waals surface area (Å²) in [6.07, 6.45) is 0.206. The Morgan fingerprint density at radius 1 is 1.24 bits per heavy atom. The van der Waals surface area contributed by atoms with Crippen molar-refractivity contribution in [3.8, 4) is 5.75 Å². The molecular formula is C15H15BrF2N2O. The molecule has 0 aliphatic rings. The van der Waals surface area contributed by atoms with E-state index in [0.717, 1.165) is 22.2 Å². The molecule has 1 unspecified atom stereocenters. The lowest BCUT2D eigenvalue weighted by Gasteiger charge is -2.19. The second kappa shape index (κ2) is 6.98. The van der Waals surface area contributed by atoms with Gasteiger partial charge in [-0.1, -0.05) is 22.0 Å². The number of hydrogen-bond acceptors (Lipinski definition) is 3. The minimum absolute atomic E-state index is 0.206. The van der Waals surface area contributed by atoms with Gasteiger partial charge in [0, 0.05) is 10.0 Å². The first kappa shape index (κ1) is 15.9. The van der Waals surface area contributed by atoms with Gasteiger partial charge < -0.3 is 4.74 Å². The first-order chi connectivity index (χ1) is 10.0. The van der Waals surface area contributed by atoms with Gasteiger partial charge in [0.15, 0.2) is 0 Å². The molecular weight excluding hydrogens is 342 g/mol. The summed E-state index contributed by atoms with van der Waals surface area (Å²) in [5.41, 5.74) is 3.65. The van der Waals surface area contributed by atoms with Crippen LogP contribution < -0.4 is 16.0 Å². The van der Waals surface area contributed by atoms with Gasteiger partial charge in [-0.3, -0.25) is 11.3 Å². The van der Waals surface area contributed by atoms with E-state index in [9.17, 15) is 8.78 Å². The molecule has 0 saturated carbocycles. The zero-order valence-corrected chi connectivity index (χ0v) is 13.0. The third kappa shape index (κ3) is 3.78. The number of benzene rings is 2. The molecule has 2 aromatic rings. The van der Waals surface area contributed by atoms with Crippen molar-refractivity contribution < 1.29 is 13.5 Å². The predicted octanol–water partition coefficient (Wildman–Crippen LogP) is 3.48. The van der Waals surface area contributed by atoms with Crippen LogP contribution in [-0.2, 0) is 6.42 Å². The maximum Gasteiger partial charge on any atom is 0.126 e. The monoisotopic (exact) mass is 356 g/mol. The van der Waals surface area contributed by atoms with Crippen LogP contribution in [0.1, 0.15) is 17.2 Å². The lowest BCUT2D eigenvalue weighted by Crippen LogP contribution is -2.30. The molecule has 112 valence electrons. The second-order valence-electron chi connectivity index (χ2n) is 4.55. The Hall–Kier alpha value is -1.50. The molecule has 2 rings (SSSR count). The first-order valence-electron chi connectivity index (χ1n) is 6.28. The second-order valence-corrected chi connectivity index (χ2v) is 5.46. The van der Waals surface area contributed by atoms with Crippen LogP contribution in [0.25, 0.3) is 0 Å². The molecule has 3 nitrogen and oxygen atoms in total. The molecule has 0 aliphatic carbocycles. The van der Waals surface area contributed by atoms with Crippen molar-refractivity contribution in [1.29, 1.82) is 0 Å². The molecule has 2 aromatic carbocycles. The van der Waals surface area contributed by atoms with Crippen LogP contribution in [0.2, 0.25) is 0 Å². The largest absolute Gasteiger partial charge is 0.496 e. The average Bonchev–Trinajstić information content (AvgIpc) is 2.48. The van der Waals surface area contributed by atoms with E-state index in [4.69, 9.17) is 10.6 Å². The van der Waals surface area contributed by atoms with Gasteiger partial charge in [0.05, 0.1) is 13.2 Å². The van der Waals surface area contributed by atoms with Crippen LogP contribution in [0.5, 0.6) is 5.75 Å². The van der Waals surface area contributed by atoms with Crippen LogP contribution >= 0.6 is 15.9 Å². The molecule has 0 bridgehead atoms. The van der Waals surface area contributed by atoms with E-state index in [1.807, 2.05) is 12.1 Å². The maximum atomic E-state index is 13.8. The van der Waals surface area contributed by atoms with Gasteiger partial charge in [0.25, 0.3) is 0 Å². The summed E-state index contributed by atoms with van der Waals surface area (Å²) in [5.74, 6) is 5.24. The van der Waals surface area contributed by atoms with Gasteiger partial charge in [-0.2, -0.15) is 0 Å². The third-order valence-electron chi connectivity index (χ3n) is 3.20. The summed E-state index contributed by atoms with van der Waals surface area (Å²) in [5, 5.41) is 0. The van der Waals surface area contributed by atoms with Crippen molar-refractivity contribution in [2.24, 2.45) is 5.84 Å². The normalized spacial score (nSPS) is 12.2. The summed E-state index contributed by atoms with van der Waals surface area (Å²) in [4.78, 5) is 0. The molecule has 0 aromatic heterocycles. The predicted molar refractivity (Wildman–Crippen MR) is 80.8 cm³/mol. The molecule has 3 N–H and O–H groups in total. The van der Waals surface area contributed by atoms with Crippen molar-refractivity contribution >= 4 is 15.9 Å². The smallest absolute Gasteiger partial charge is 0.126 e. The lowest BCUT2D eigenvalue weighted by molar-refractivity contribution is 0.398. The van der Waals surface area contributed by atoms with Crippen molar-refractivity contribution in [1.82, 2.24) is 5.43 Å². The highest BCUT2D eigenvalue weighted by molar-refractivity contribution is 9.10. The summed E-state index contributed by atoms with van der Waals surface area (Å²) < 4.78 is 33.2. The summed E-state index contributed by atoms with van der Waals surface area (Å²) in [6, 6.07) is 8.42. The minimum Gasteiger partial charge on any atom is -0.496 e. The summed E-state index contributed by atoms with van der Waals surface area (Å²) in [7, 11) is 1.54. The van der Waals surface area contributed by atoms with Gasteiger partial charge in [-0.25, -0.2) is 8.78 Å². The molecule has 0 fully saturated rings. The van der Waals surface area contributed by atoms with Gasteiger partial charge in [0.2, 0.25) is 0 Å². The first-order valence-corrected chi connectivity index (χ1v) is 7.08. The van der Waals surface area contributed by atoms with E-state index >= 15 is 0 Å². The van der Waals surface area contributed by atoms with Crippen molar-refractivity contribution in [3.05, 3.63) is 63.6 Å². The Morgan fingerprint density at radius 3 is 2.67 bits per heavy atom. The molecule has 0 spiro atoms. The summed E-state index contributed by atoms with van der Waals surface area (Å²) in [6.45, 7) is 0. The van der Waals surface area contributed by atoms with E-state index in [-0.39, 0.29) is 12.0 Å². The standard InChI is InChI=1S/C15H15BrF2N2O/c1-21-15-8-10(16)2-4-12(15)14(20-19)7-9-6-11(17)3-5-13(9)18/h2-6,8,14,20H,7,19H2,1H3. The van der Waals surface area contributed by atoms with E-state index in [1.165, 1.54) is 6.07 Å². The molecule has 0 amide bonds. The third-order valence-corrected chi connectivity index (χ3v) is 3.70. The molecule has 0 heterocycles. The van der Waals surface area contributed by atoms with Crippen molar-refractivity contribution in [3.63, 3.8) is 0 Å². The quantitative estimate of drug-likeness (QED) is 0.636. The van der Waals surface area contributed by atoms with Crippen LogP contribution in [0, 0.1) is 11.6 Å². The van der Waals surface area contributed by atoms with Crippen molar-refractivity contribution in [2.75, 3.05) is 7.11 Å². The van der Waals surface area contributed by atoms with Crippen LogP contribution in [0.3, 0.4) is 0 Å². The fraction of sp³-hybridized carbons (Fsp3) is 0.200. The number of hydrogen-bond donors (Lipinski definition) is 2. The zero-order valence-electron chi connectivity index (χ0n) is 11.4. The Bertz CT molecular complexity index is 637. The molecule has 1 atom stereocenters. The molecule has 0 saturated heterocycles. The number of nitrogens with one attached hydrogen (secondary N) is 1. The fourth-order valence-electron chi connectivity index (χ4n) is 2.15. The van der Waals surface area contributed by atoms with Crippen LogP contribution in [-0.4, -0.2) is 7.11 Å². The number of rotatable bonds is 5. The maximum absolute atomic E-state index is 13.8. The Morgan fingerprint density at radius 2 is 2.00 bits per heavy atom. The Balaban J connectivity index is 2.34. The fourth-order valence-corrected chi connectivity index (χ4v) is 2.49. The SMILES string of the molecule is COc1cc(Br)ccc1C(Cc1cc(F)ccc1F)NN. The summed E-state index contributed by atoms with van der Waals surface area (Å²) >= 11 is 3.35. The van der Waals surface area contributed by atoms with Gasteiger partial charge in [-0.05, 0) is 42.3 Å². The topological polar surface area (TPSA) is 47.3 Å². The van der Waals surface area contributed by atoms with Crippen molar-refractivity contribution in [2.45, 2.75) is 12.5 Å². The number of hydrazine groups is 1. The number of methoxy groups -OCH3 is 1. The molecule has 21 heavy (non-hydrogen) atoms. The van der Waals surface area contributed by atoms with E-state index < -0.39 is 17.7 Å². The lowest BCUT2D eigenvalue weighted by atomic mass is 9.98. The van der Waals surface area contributed by atoms with E-state index in [1.54, 1.807) is 13.2 Å². The van der Waals surface area contributed by atoms with Crippen LogP contribution in [0.15, 0.2) is 40.9 Å². The van der Waals surface area contributed by atoms with Gasteiger partial charge in [-0.15, -0.1) is 0 Å². The Kier molecular flexibility index (Phi) is 5.27. The number of halogens is 3. The molecule has 6 heteroatoms. The van der Waals surface area contributed by atoms with E-state index in [2.05, 4.69) is 21.4 Å². The zero-order chi connectivity index (χ0) is 15.4. The highest BCUT2D eigenvalue weighted by atomic mass is 79.9. The van der Waals surface area contributed by atoms with Gasteiger partial charge >= 0.3 is 0 Å². The average molecular weight is 357 g/mol. The number of ether oxygens (including phenoxy) is 1. The number of nitrogens with two attached hydrogens (primary N) is 1. The highest BCUT2D eigenvalue weighted by Crippen LogP contribution is 2.30.